The molecule has 2 aromatic rings. The molecule has 0 heterocycles. The fourth-order valence-corrected chi connectivity index (χ4v) is 2.17. The molecule has 0 aliphatic carbocycles. The molecule has 0 unspecified atom stereocenters. The van der Waals surface area contributed by atoms with Crippen LogP contribution in [0.25, 0.3) is 0 Å². The molecule has 0 spiro atoms. The van der Waals surface area contributed by atoms with Crippen molar-refractivity contribution in [1.29, 1.82) is 0 Å². The van der Waals surface area contributed by atoms with Crippen LogP contribution in [-0.4, -0.2) is 23.9 Å². The zero-order valence-electron chi connectivity index (χ0n) is 13.7. The number of carbonyl (C=O) groups excluding carboxylic acids is 3. The van der Waals surface area contributed by atoms with Crippen LogP contribution in [0.3, 0.4) is 0 Å². The minimum absolute atomic E-state index is 0.182. The second-order valence-corrected chi connectivity index (χ2v) is 5.74. The van der Waals surface area contributed by atoms with Crippen LogP contribution in [-0.2, 0) is 14.3 Å². The molecule has 2 amide bonds. The summed E-state index contributed by atoms with van der Waals surface area (Å²) in [7, 11) is 0. The summed E-state index contributed by atoms with van der Waals surface area (Å²) in [5, 5.41) is 5.67. The predicted octanol–water partition coefficient (Wildman–Crippen LogP) is 3.48. The van der Waals surface area contributed by atoms with E-state index < -0.39 is 18.0 Å². The molecule has 7 heteroatoms. The summed E-state index contributed by atoms with van der Waals surface area (Å²) in [4.78, 5) is 35.1. The summed E-state index contributed by atoms with van der Waals surface area (Å²) in [6.45, 7) is 2.88. The van der Waals surface area contributed by atoms with E-state index in [1.165, 1.54) is 19.9 Å². The van der Waals surface area contributed by atoms with E-state index in [0.717, 1.165) is 0 Å². The number of nitrogens with one attached hydrogen (secondary N) is 2. The molecule has 0 aliphatic rings. The van der Waals surface area contributed by atoms with Gasteiger partial charge in [0, 0.05) is 23.3 Å². The molecule has 0 saturated carbocycles. The lowest BCUT2D eigenvalue weighted by Crippen LogP contribution is -2.30. The van der Waals surface area contributed by atoms with Crippen molar-refractivity contribution in [2.45, 2.75) is 20.0 Å². The molecule has 6 nitrogen and oxygen atoms in total. The molecule has 2 aromatic carbocycles. The summed E-state index contributed by atoms with van der Waals surface area (Å²) in [6.07, 6.45) is -0.985. The number of anilines is 2. The van der Waals surface area contributed by atoms with E-state index in [-0.39, 0.29) is 11.5 Å². The van der Waals surface area contributed by atoms with Crippen LogP contribution in [0.1, 0.15) is 24.2 Å². The normalized spacial score (nSPS) is 11.3. The maximum absolute atomic E-state index is 12.1. The third kappa shape index (κ3) is 5.61. The van der Waals surface area contributed by atoms with Gasteiger partial charge in [-0.3, -0.25) is 9.59 Å². The topological polar surface area (TPSA) is 84.5 Å². The van der Waals surface area contributed by atoms with Crippen molar-refractivity contribution in [1.82, 2.24) is 0 Å². The van der Waals surface area contributed by atoms with Crippen molar-refractivity contribution in [2.75, 3.05) is 10.6 Å². The number of halogens is 1. The average Bonchev–Trinajstić information content (AvgIpc) is 2.56. The van der Waals surface area contributed by atoms with Crippen LogP contribution in [0.4, 0.5) is 11.4 Å². The average molecular weight is 361 g/mol. The van der Waals surface area contributed by atoms with Gasteiger partial charge in [-0.1, -0.05) is 17.7 Å². The Morgan fingerprint density at radius 3 is 2.16 bits per heavy atom. The molecule has 0 saturated heterocycles. The molecule has 0 aromatic heterocycles. The molecular formula is C18H17ClN2O4. The summed E-state index contributed by atoms with van der Waals surface area (Å²) in [5.74, 6) is -1.29. The van der Waals surface area contributed by atoms with Gasteiger partial charge in [-0.25, -0.2) is 4.79 Å². The van der Waals surface area contributed by atoms with Crippen LogP contribution < -0.4 is 10.6 Å². The van der Waals surface area contributed by atoms with E-state index >= 15 is 0 Å². The minimum atomic E-state index is -0.985. The van der Waals surface area contributed by atoms with Gasteiger partial charge in [0.05, 0.1) is 5.56 Å². The molecule has 0 radical (unpaired) electrons. The smallest absolute Gasteiger partial charge is 0.338 e. The molecule has 0 fully saturated rings. The highest BCUT2D eigenvalue weighted by Gasteiger charge is 2.19. The van der Waals surface area contributed by atoms with E-state index in [2.05, 4.69) is 10.6 Å². The first-order valence-electron chi connectivity index (χ1n) is 7.50. The van der Waals surface area contributed by atoms with Crippen LogP contribution in [0.15, 0.2) is 48.5 Å². The van der Waals surface area contributed by atoms with Crippen molar-refractivity contribution < 1.29 is 19.1 Å². The lowest BCUT2D eigenvalue weighted by atomic mass is 10.2. The second-order valence-electron chi connectivity index (χ2n) is 5.31. The molecule has 0 bridgehead atoms. The Kier molecular flexibility index (Phi) is 6.14. The summed E-state index contributed by atoms with van der Waals surface area (Å²) in [6, 6.07) is 12.9. The molecule has 2 N–H and O–H groups in total. The number of hydrogen-bond acceptors (Lipinski definition) is 4. The Morgan fingerprint density at radius 2 is 1.60 bits per heavy atom. The summed E-state index contributed by atoms with van der Waals surface area (Å²) < 4.78 is 5.14. The van der Waals surface area contributed by atoms with Crippen LogP contribution in [0, 0.1) is 0 Å². The van der Waals surface area contributed by atoms with E-state index in [1.54, 1.807) is 42.5 Å². The third-order valence-electron chi connectivity index (χ3n) is 3.19. The molecule has 1 atom stereocenters. The highest BCUT2D eigenvalue weighted by Crippen LogP contribution is 2.15. The maximum atomic E-state index is 12.1. The fraction of sp³-hybridized carbons (Fsp3) is 0.167. The SMILES string of the molecule is CC(=O)Nc1ccc(NC(=O)[C@@H](C)OC(=O)c2cccc(Cl)c2)cc1. The van der Waals surface area contributed by atoms with Gasteiger partial charge in [0.2, 0.25) is 5.91 Å². The van der Waals surface area contributed by atoms with Crippen LogP contribution in [0.2, 0.25) is 5.02 Å². The van der Waals surface area contributed by atoms with Crippen LogP contribution >= 0.6 is 11.6 Å². The van der Waals surface area contributed by atoms with Crippen molar-refractivity contribution in [3.05, 3.63) is 59.1 Å². The first-order valence-corrected chi connectivity index (χ1v) is 7.88. The van der Waals surface area contributed by atoms with Gasteiger partial charge >= 0.3 is 5.97 Å². The van der Waals surface area contributed by atoms with E-state index in [0.29, 0.717) is 16.4 Å². The van der Waals surface area contributed by atoms with Gasteiger partial charge in [-0.2, -0.15) is 0 Å². The second kappa shape index (κ2) is 8.30. The first kappa shape index (κ1) is 18.5. The Labute approximate surface area is 150 Å². The standard InChI is InChI=1S/C18H17ClN2O4/c1-11(25-18(24)13-4-3-5-14(19)10-13)17(23)21-16-8-6-15(7-9-16)20-12(2)22/h3-11H,1-2H3,(H,20,22)(H,21,23)/t11-/m1/s1. The molecular weight excluding hydrogens is 344 g/mol. The summed E-state index contributed by atoms with van der Waals surface area (Å²) in [5.41, 5.74) is 1.41. The predicted molar refractivity (Wildman–Crippen MR) is 95.7 cm³/mol. The number of ether oxygens (including phenoxy) is 1. The summed E-state index contributed by atoms with van der Waals surface area (Å²) >= 11 is 5.83. The largest absolute Gasteiger partial charge is 0.449 e. The van der Waals surface area contributed by atoms with Crippen molar-refractivity contribution >= 4 is 40.8 Å². The number of rotatable bonds is 5. The van der Waals surface area contributed by atoms with Gasteiger partial charge in [0.1, 0.15) is 0 Å². The van der Waals surface area contributed by atoms with E-state index in [4.69, 9.17) is 16.3 Å². The first-order chi connectivity index (χ1) is 11.8. The Bertz CT molecular complexity index is 790. The van der Waals surface area contributed by atoms with Crippen LogP contribution in [0.5, 0.6) is 0 Å². The van der Waals surface area contributed by atoms with E-state index in [1.807, 2.05) is 0 Å². The zero-order valence-corrected chi connectivity index (χ0v) is 14.5. The number of carbonyl (C=O) groups is 3. The van der Waals surface area contributed by atoms with Crippen molar-refractivity contribution in [3.8, 4) is 0 Å². The van der Waals surface area contributed by atoms with Crippen molar-refractivity contribution in [2.24, 2.45) is 0 Å². The molecule has 2 rings (SSSR count). The van der Waals surface area contributed by atoms with Gasteiger partial charge in [-0.15, -0.1) is 0 Å². The van der Waals surface area contributed by atoms with Gasteiger partial charge in [0.15, 0.2) is 6.10 Å². The maximum Gasteiger partial charge on any atom is 0.338 e. The fourth-order valence-electron chi connectivity index (χ4n) is 1.98. The van der Waals surface area contributed by atoms with Gasteiger partial charge < -0.3 is 15.4 Å². The molecule has 0 aliphatic heterocycles. The lowest BCUT2D eigenvalue weighted by molar-refractivity contribution is -0.123. The monoisotopic (exact) mass is 360 g/mol. The Hall–Kier alpha value is -2.86. The zero-order chi connectivity index (χ0) is 18.4. The number of benzene rings is 2. The number of esters is 1. The minimum Gasteiger partial charge on any atom is -0.449 e. The van der Waals surface area contributed by atoms with E-state index in [9.17, 15) is 14.4 Å². The highest BCUT2D eigenvalue weighted by molar-refractivity contribution is 6.30. The van der Waals surface area contributed by atoms with Gasteiger partial charge in [-0.05, 0) is 49.4 Å². The number of amides is 2. The van der Waals surface area contributed by atoms with Crippen molar-refractivity contribution in [3.63, 3.8) is 0 Å². The Balaban J connectivity index is 1.93. The lowest BCUT2D eigenvalue weighted by Gasteiger charge is -2.14. The van der Waals surface area contributed by atoms with Gasteiger partial charge in [0.25, 0.3) is 5.91 Å². The third-order valence-corrected chi connectivity index (χ3v) is 3.42. The molecule has 130 valence electrons. The highest BCUT2D eigenvalue weighted by atomic mass is 35.5. The molecule has 25 heavy (non-hydrogen) atoms. The Morgan fingerprint density at radius 1 is 1.00 bits per heavy atom. The quantitative estimate of drug-likeness (QED) is 0.799. The number of hydrogen-bond donors (Lipinski definition) is 2.